The number of aromatic amines is 1. The molecule has 2 heterocycles. The van der Waals surface area contributed by atoms with Crippen LogP contribution in [0.4, 0.5) is 0 Å². The second-order valence-corrected chi connectivity index (χ2v) is 10.4. The molecule has 0 spiro atoms. The van der Waals surface area contributed by atoms with E-state index in [1.807, 2.05) is 44.2 Å². The van der Waals surface area contributed by atoms with Crippen molar-refractivity contribution in [2.75, 3.05) is 13.2 Å². The van der Waals surface area contributed by atoms with Crippen molar-refractivity contribution >= 4 is 15.5 Å². The SMILES string of the molecule is C.CCCc1nc(C)c2c(=O)[nH]c(-c3cc(S(=O)(=O)N[C@@H](CO)Cc4ccccc4)ccc3OCC)nn12. The number of nitrogens with zero attached hydrogens (tertiary/aromatic N) is 3. The maximum Gasteiger partial charge on any atom is 0.277 e. The Labute approximate surface area is 222 Å². The van der Waals surface area contributed by atoms with Crippen molar-refractivity contribution in [2.45, 2.75) is 58.4 Å². The Morgan fingerprint density at radius 1 is 1.16 bits per heavy atom. The van der Waals surface area contributed by atoms with Gasteiger partial charge in [-0.25, -0.2) is 22.6 Å². The largest absolute Gasteiger partial charge is 0.493 e. The molecule has 0 aliphatic heterocycles. The van der Waals surface area contributed by atoms with Crippen LogP contribution < -0.4 is 15.0 Å². The van der Waals surface area contributed by atoms with Crippen LogP contribution in [-0.4, -0.2) is 52.4 Å². The molecule has 0 aliphatic rings. The molecule has 0 amide bonds. The number of ether oxygens (including phenoxy) is 1. The van der Waals surface area contributed by atoms with Crippen molar-refractivity contribution in [3.05, 3.63) is 76.0 Å². The molecule has 38 heavy (non-hydrogen) atoms. The Balaban J connectivity index is 0.00000400. The van der Waals surface area contributed by atoms with Crippen LogP contribution in [0.3, 0.4) is 0 Å². The van der Waals surface area contributed by atoms with Gasteiger partial charge in [-0.15, -0.1) is 5.10 Å². The number of fused-ring (bicyclic) bond motifs is 1. The molecule has 2 aromatic carbocycles. The lowest BCUT2D eigenvalue weighted by molar-refractivity contribution is 0.256. The zero-order valence-electron chi connectivity index (χ0n) is 21.1. The quantitative estimate of drug-likeness (QED) is 0.265. The minimum absolute atomic E-state index is 0. The zero-order valence-corrected chi connectivity index (χ0v) is 21.9. The summed E-state index contributed by atoms with van der Waals surface area (Å²) in [6.45, 7) is 5.53. The van der Waals surface area contributed by atoms with Gasteiger partial charge in [0.15, 0.2) is 11.3 Å². The normalized spacial score (nSPS) is 12.3. The van der Waals surface area contributed by atoms with Crippen LogP contribution >= 0.6 is 0 Å². The molecule has 1 atom stereocenters. The number of aliphatic hydroxyl groups excluding tert-OH is 1. The first-order chi connectivity index (χ1) is 17.8. The van der Waals surface area contributed by atoms with Crippen LogP contribution in [0.25, 0.3) is 16.9 Å². The topological polar surface area (TPSA) is 139 Å². The van der Waals surface area contributed by atoms with E-state index in [9.17, 15) is 18.3 Å². The van der Waals surface area contributed by atoms with Crippen molar-refractivity contribution in [1.82, 2.24) is 24.3 Å². The Hall–Kier alpha value is -3.54. The van der Waals surface area contributed by atoms with Crippen LogP contribution in [0.2, 0.25) is 0 Å². The lowest BCUT2D eigenvalue weighted by Gasteiger charge is -2.18. The van der Waals surface area contributed by atoms with Gasteiger partial charge >= 0.3 is 0 Å². The van der Waals surface area contributed by atoms with Crippen LogP contribution in [0, 0.1) is 6.92 Å². The van der Waals surface area contributed by atoms with Crippen molar-refractivity contribution in [3.63, 3.8) is 0 Å². The summed E-state index contributed by atoms with van der Waals surface area (Å²) in [5.41, 5.74) is 1.76. The highest BCUT2D eigenvalue weighted by Gasteiger charge is 2.23. The number of rotatable bonds is 11. The van der Waals surface area contributed by atoms with Gasteiger partial charge in [0, 0.05) is 12.5 Å². The minimum atomic E-state index is -4.02. The third-order valence-electron chi connectivity index (χ3n) is 5.90. The van der Waals surface area contributed by atoms with E-state index in [1.54, 1.807) is 6.92 Å². The molecule has 0 saturated carbocycles. The molecule has 204 valence electrons. The molecule has 0 fully saturated rings. The van der Waals surface area contributed by atoms with E-state index in [2.05, 4.69) is 19.8 Å². The molecule has 0 aliphatic carbocycles. The number of benzene rings is 2. The summed E-state index contributed by atoms with van der Waals surface area (Å²) >= 11 is 0. The summed E-state index contributed by atoms with van der Waals surface area (Å²) in [4.78, 5) is 20.2. The number of nitrogens with one attached hydrogen (secondary N) is 2. The van der Waals surface area contributed by atoms with Crippen molar-refractivity contribution in [1.29, 1.82) is 0 Å². The smallest absolute Gasteiger partial charge is 0.277 e. The molecule has 2 aromatic heterocycles. The summed E-state index contributed by atoms with van der Waals surface area (Å²) in [5, 5.41) is 14.4. The molecular formula is C27H35N5O5S. The molecule has 4 aromatic rings. The zero-order chi connectivity index (χ0) is 26.6. The Bertz CT molecular complexity index is 1550. The highest BCUT2D eigenvalue weighted by molar-refractivity contribution is 7.89. The second kappa shape index (κ2) is 12.3. The predicted molar refractivity (Wildman–Crippen MR) is 147 cm³/mol. The average Bonchev–Trinajstić information content (AvgIpc) is 3.20. The minimum Gasteiger partial charge on any atom is -0.493 e. The first kappa shape index (κ1) is 29.0. The first-order valence-corrected chi connectivity index (χ1v) is 13.7. The summed E-state index contributed by atoms with van der Waals surface area (Å²) in [6, 6.07) is 13.0. The van der Waals surface area contributed by atoms with Gasteiger partial charge in [0.05, 0.1) is 29.4 Å². The van der Waals surface area contributed by atoms with Crippen molar-refractivity contribution in [2.24, 2.45) is 0 Å². The van der Waals surface area contributed by atoms with Gasteiger partial charge in [0.2, 0.25) is 10.0 Å². The first-order valence-electron chi connectivity index (χ1n) is 12.2. The molecule has 11 heteroatoms. The Morgan fingerprint density at radius 3 is 2.55 bits per heavy atom. The van der Waals surface area contributed by atoms with Gasteiger partial charge in [0.25, 0.3) is 5.56 Å². The molecule has 10 nitrogen and oxygen atoms in total. The van der Waals surface area contributed by atoms with E-state index in [-0.39, 0.29) is 30.3 Å². The predicted octanol–water partition coefficient (Wildman–Crippen LogP) is 3.26. The number of sulfonamides is 1. The molecule has 0 radical (unpaired) electrons. The van der Waals surface area contributed by atoms with Gasteiger partial charge in [0.1, 0.15) is 11.6 Å². The molecule has 0 unspecified atom stereocenters. The highest BCUT2D eigenvalue weighted by atomic mass is 32.2. The lowest BCUT2D eigenvalue weighted by Crippen LogP contribution is -2.39. The van der Waals surface area contributed by atoms with Crippen LogP contribution in [-0.2, 0) is 22.9 Å². The fourth-order valence-electron chi connectivity index (χ4n) is 4.21. The number of hydrogen-bond acceptors (Lipinski definition) is 7. The van der Waals surface area contributed by atoms with E-state index >= 15 is 0 Å². The van der Waals surface area contributed by atoms with E-state index in [1.165, 1.54) is 22.7 Å². The summed E-state index contributed by atoms with van der Waals surface area (Å²) in [6.07, 6.45) is 1.78. The number of aliphatic hydroxyl groups is 1. The number of H-pyrrole nitrogens is 1. The molecule has 0 bridgehead atoms. The highest BCUT2D eigenvalue weighted by Crippen LogP contribution is 2.30. The standard InChI is InChI=1S/C26H31N5O5S.CH4/c1-4-9-23-27-17(3)24-26(33)28-25(29-31(23)24)21-15-20(12-13-22(21)36-5-2)37(34,35)30-19(16-32)14-18-10-7-6-8-11-18;/h6-8,10-13,15,19,30,32H,4-5,9,14,16H2,1-3H3,(H,28,29,33);1H4/t19-;/m1./s1. The molecule has 4 rings (SSSR count). The van der Waals surface area contributed by atoms with Crippen molar-refractivity contribution in [3.8, 4) is 17.1 Å². The molecular weight excluding hydrogens is 506 g/mol. The third-order valence-corrected chi connectivity index (χ3v) is 7.42. The maximum absolute atomic E-state index is 13.3. The van der Waals surface area contributed by atoms with Crippen LogP contribution in [0.15, 0.2) is 58.2 Å². The second-order valence-electron chi connectivity index (χ2n) is 8.71. The van der Waals surface area contributed by atoms with E-state index in [0.29, 0.717) is 47.8 Å². The number of hydrogen-bond donors (Lipinski definition) is 3. The molecule has 3 N–H and O–H groups in total. The van der Waals surface area contributed by atoms with E-state index in [4.69, 9.17) is 4.74 Å². The van der Waals surface area contributed by atoms with Crippen LogP contribution in [0.1, 0.15) is 44.8 Å². The van der Waals surface area contributed by atoms with Gasteiger partial charge in [-0.1, -0.05) is 44.7 Å². The van der Waals surface area contributed by atoms with Gasteiger partial charge < -0.3 is 14.8 Å². The number of aromatic nitrogens is 4. The Morgan fingerprint density at radius 2 is 1.89 bits per heavy atom. The number of imidazole rings is 1. The van der Waals surface area contributed by atoms with Crippen molar-refractivity contribution < 1.29 is 18.3 Å². The lowest BCUT2D eigenvalue weighted by atomic mass is 10.1. The summed E-state index contributed by atoms with van der Waals surface area (Å²) in [7, 11) is -4.02. The summed E-state index contributed by atoms with van der Waals surface area (Å²) < 4.78 is 36.4. The maximum atomic E-state index is 13.3. The monoisotopic (exact) mass is 541 g/mol. The van der Waals surface area contributed by atoms with Gasteiger partial charge in [-0.2, -0.15) is 0 Å². The van der Waals surface area contributed by atoms with Gasteiger partial charge in [-0.3, -0.25) is 4.79 Å². The van der Waals surface area contributed by atoms with E-state index in [0.717, 1.165) is 12.0 Å². The summed E-state index contributed by atoms with van der Waals surface area (Å²) in [5.74, 6) is 1.19. The Kier molecular flexibility index (Phi) is 9.42. The fraction of sp³-hybridized carbons (Fsp3) is 0.370. The number of aryl methyl sites for hydroxylation is 2. The average molecular weight is 542 g/mol. The van der Waals surface area contributed by atoms with E-state index < -0.39 is 16.1 Å². The molecule has 0 saturated heterocycles. The van der Waals surface area contributed by atoms with Gasteiger partial charge in [-0.05, 0) is 50.5 Å². The van der Waals surface area contributed by atoms with Crippen LogP contribution in [0.5, 0.6) is 5.75 Å². The third kappa shape index (κ3) is 6.12. The fourth-order valence-corrected chi connectivity index (χ4v) is 5.47.